The van der Waals surface area contributed by atoms with Gasteiger partial charge in [0.2, 0.25) is 5.91 Å². The van der Waals surface area contributed by atoms with Crippen molar-refractivity contribution in [2.45, 2.75) is 44.7 Å². The Kier molecular flexibility index (Phi) is 4.35. The van der Waals surface area contributed by atoms with E-state index < -0.39 is 0 Å². The number of primary amides is 1. The van der Waals surface area contributed by atoms with E-state index in [4.69, 9.17) is 10.8 Å². The molecule has 0 aliphatic heterocycles. The van der Waals surface area contributed by atoms with Crippen LogP contribution in [0, 0.1) is 0 Å². The van der Waals surface area contributed by atoms with Crippen LogP contribution in [0.4, 0.5) is 0 Å². The number of hydrogen-bond acceptors (Lipinski definition) is 3. The van der Waals surface area contributed by atoms with Crippen molar-refractivity contribution in [2.24, 2.45) is 5.73 Å². The third-order valence-electron chi connectivity index (χ3n) is 3.06. The first-order valence-electron chi connectivity index (χ1n) is 5.32. The van der Waals surface area contributed by atoms with Crippen LogP contribution in [0.3, 0.4) is 0 Å². The van der Waals surface area contributed by atoms with Gasteiger partial charge < -0.3 is 10.8 Å². The third-order valence-corrected chi connectivity index (χ3v) is 3.06. The second-order valence-electron chi connectivity index (χ2n) is 3.98. The minimum atomic E-state index is -0.301. The molecule has 4 nitrogen and oxygen atoms in total. The molecule has 1 atom stereocenters. The molecule has 0 heterocycles. The molecule has 0 bridgehead atoms. The second kappa shape index (κ2) is 5.32. The van der Waals surface area contributed by atoms with Crippen LogP contribution in [-0.2, 0) is 4.79 Å². The molecular weight excluding hydrogens is 180 g/mol. The largest absolute Gasteiger partial charge is 0.395 e. The van der Waals surface area contributed by atoms with Crippen molar-refractivity contribution in [3.8, 4) is 0 Å². The minimum absolute atomic E-state index is 0.0914. The van der Waals surface area contributed by atoms with E-state index in [0.29, 0.717) is 12.6 Å². The van der Waals surface area contributed by atoms with Crippen molar-refractivity contribution < 1.29 is 9.90 Å². The smallest absolute Gasteiger partial charge is 0.234 e. The van der Waals surface area contributed by atoms with Crippen molar-refractivity contribution in [2.75, 3.05) is 13.2 Å². The van der Waals surface area contributed by atoms with Crippen LogP contribution in [0.1, 0.15) is 32.6 Å². The molecule has 1 rings (SSSR count). The number of carbonyl (C=O) groups excluding carboxylic acids is 1. The molecule has 0 aromatic rings. The highest BCUT2D eigenvalue weighted by atomic mass is 16.3. The fourth-order valence-electron chi connectivity index (χ4n) is 2.21. The summed E-state index contributed by atoms with van der Waals surface area (Å²) >= 11 is 0. The zero-order chi connectivity index (χ0) is 10.6. The number of hydrogen-bond donors (Lipinski definition) is 2. The van der Waals surface area contributed by atoms with Crippen LogP contribution in [0.25, 0.3) is 0 Å². The summed E-state index contributed by atoms with van der Waals surface area (Å²) in [6, 6.07) is 0.176. The third kappa shape index (κ3) is 2.69. The molecule has 3 N–H and O–H groups in total. The van der Waals surface area contributed by atoms with Gasteiger partial charge in [-0.25, -0.2) is 0 Å². The van der Waals surface area contributed by atoms with Crippen LogP contribution < -0.4 is 5.73 Å². The summed E-state index contributed by atoms with van der Waals surface area (Å²) in [4.78, 5) is 13.1. The summed E-state index contributed by atoms with van der Waals surface area (Å²) in [5.74, 6) is -0.301. The molecule has 1 saturated carbocycles. The molecular formula is C10H20N2O2. The highest BCUT2D eigenvalue weighted by Gasteiger charge is 2.28. The SMILES string of the molecule is CC(C(N)=O)N(CCO)C1CCCC1. The molecule has 0 radical (unpaired) electrons. The molecule has 14 heavy (non-hydrogen) atoms. The van der Waals surface area contributed by atoms with Crippen molar-refractivity contribution >= 4 is 5.91 Å². The molecule has 1 aliphatic rings. The first kappa shape index (κ1) is 11.5. The van der Waals surface area contributed by atoms with Crippen molar-refractivity contribution in [1.82, 2.24) is 4.90 Å². The lowest BCUT2D eigenvalue weighted by molar-refractivity contribution is -0.123. The number of aliphatic hydroxyl groups excluding tert-OH is 1. The van der Waals surface area contributed by atoms with Crippen LogP contribution in [0.15, 0.2) is 0 Å². The number of rotatable bonds is 5. The van der Waals surface area contributed by atoms with E-state index in [9.17, 15) is 4.79 Å². The average Bonchev–Trinajstić information content (AvgIpc) is 2.65. The van der Waals surface area contributed by atoms with E-state index in [1.165, 1.54) is 12.8 Å². The maximum Gasteiger partial charge on any atom is 0.234 e. The maximum absolute atomic E-state index is 11.1. The topological polar surface area (TPSA) is 66.6 Å². The number of carbonyl (C=O) groups is 1. The molecule has 1 amide bonds. The summed E-state index contributed by atoms with van der Waals surface area (Å²) < 4.78 is 0. The van der Waals surface area contributed by atoms with Crippen molar-refractivity contribution in [3.05, 3.63) is 0 Å². The van der Waals surface area contributed by atoms with Gasteiger partial charge in [0.1, 0.15) is 0 Å². The molecule has 1 unspecified atom stereocenters. The van der Waals surface area contributed by atoms with E-state index >= 15 is 0 Å². The van der Waals surface area contributed by atoms with E-state index in [1.807, 2.05) is 11.8 Å². The Bertz CT molecular complexity index is 191. The Morgan fingerprint density at radius 3 is 2.57 bits per heavy atom. The molecule has 1 fully saturated rings. The van der Waals surface area contributed by atoms with Gasteiger partial charge in [-0.15, -0.1) is 0 Å². The summed E-state index contributed by atoms with van der Waals surface area (Å²) in [6.07, 6.45) is 4.69. The van der Waals surface area contributed by atoms with Gasteiger partial charge in [-0.1, -0.05) is 12.8 Å². The molecule has 1 aliphatic carbocycles. The van der Waals surface area contributed by atoms with Gasteiger partial charge in [-0.3, -0.25) is 9.69 Å². The van der Waals surface area contributed by atoms with Gasteiger partial charge in [0.05, 0.1) is 12.6 Å². The molecule has 0 aromatic carbocycles. The van der Waals surface area contributed by atoms with Crippen molar-refractivity contribution in [3.63, 3.8) is 0 Å². The number of amides is 1. The van der Waals surface area contributed by atoms with Gasteiger partial charge in [0.15, 0.2) is 0 Å². The van der Waals surface area contributed by atoms with Crippen LogP contribution in [0.5, 0.6) is 0 Å². The molecule has 0 saturated heterocycles. The van der Waals surface area contributed by atoms with E-state index in [1.54, 1.807) is 0 Å². The molecule has 82 valence electrons. The number of aliphatic hydroxyl groups is 1. The van der Waals surface area contributed by atoms with Gasteiger partial charge in [0, 0.05) is 12.6 Å². The van der Waals surface area contributed by atoms with Gasteiger partial charge in [0.25, 0.3) is 0 Å². The second-order valence-corrected chi connectivity index (χ2v) is 3.98. The normalized spacial score (nSPS) is 20.2. The van der Waals surface area contributed by atoms with E-state index in [-0.39, 0.29) is 18.6 Å². The highest BCUT2D eigenvalue weighted by Crippen LogP contribution is 2.24. The standard InChI is InChI=1S/C10H20N2O2/c1-8(10(11)14)12(6-7-13)9-4-2-3-5-9/h8-9,13H,2-7H2,1H3,(H2,11,14). The summed E-state index contributed by atoms with van der Waals surface area (Å²) in [7, 11) is 0. The lowest BCUT2D eigenvalue weighted by Gasteiger charge is -2.32. The Hall–Kier alpha value is -0.610. The first-order chi connectivity index (χ1) is 6.66. The highest BCUT2D eigenvalue weighted by molar-refractivity contribution is 5.79. The molecule has 0 spiro atoms. The summed E-state index contributed by atoms with van der Waals surface area (Å²) in [5.41, 5.74) is 5.27. The monoisotopic (exact) mass is 200 g/mol. The quantitative estimate of drug-likeness (QED) is 0.661. The predicted molar refractivity (Wildman–Crippen MR) is 54.7 cm³/mol. The maximum atomic E-state index is 11.1. The molecule has 0 aromatic heterocycles. The van der Waals surface area contributed by atoms with Gasteiger partial charge in [-0.05, 0) is 19.8 Å². The van der Waals surface area contributed by atoms with Gasteiger partial charge in [-0.2, -0.15) is 0 Å². The summed E-state index contributed by atoms with van der Waals surface area (Å²) in [6.45, 7) is 2.46. The number of nitrogens with two attached hydrogens (primary N) is 1. The fraction of sp³-hybridized carbons (Fsp3) is 0.900. The Labute approximate surface area is 85.1 Å². The Morgan fingerprint density at radius 1 is 1.57 bits per heavy atom. The van der Waals surface area contributed by atoms with E-state index in [2.05, 4.69) is 0 Å². The summed E-state index contributed by atoms with van der Waals surface area (Å²) in [5, 5.41) is 8.93. The minimum Gasteiger partial charge on any atom is -0.395 e. The fourth-order valence-corrected chi connectivity index (χ4v) is 2.21. The molecule has 4 heteroatoms. The lowest BCUT2D eigenvalue weighted by atomic mass is 10.1. The Balaban J connectivity index is 2.56. The zero-order valence-corrected chi connectivity index (χ0v) is 8.78. The van der Waals surface area contributed by atoms with Crippen LogP contribution in [0.2, 0.25) is 0 Å². The first-order valence-corrected chi connectivity index (χ1v) is 5.32. The van der Waals surface area contributed by atoms with E-state index in [0.717, 1.165) is 12.8 Å². The lowest BCUT2D eigenvalue weighted by Crippen LogP contribution is -2.48. The Morgan fingerprint density at radius 2 is 2.14 bits per heavy atom. The zero-order valence-electron chi connectivity index (χ0n) is 8.78. The van der Waals surface area contributed by atoms with Crippen LogP contribution in [-0.4, -0.2) is 41.1 Å². The predicted octanol–water partition coefficient (Wildman–Crippen LogP) is 0.0971. The average molecular weight is 200 g/mol. The van der Waals surface area contributed by atoms with Gasteiger partial charge >= 0.3 is 0 Å². The van der Waals surface area contributed by atoms with Crippen molar-refractivity contribution in [1.29, 1.82) is 0 Å². The number of nitrogens with zero attached hydrogens (tertiary/aromatic N) is 1. The van der Waals surface area contributed by atoms with Crippen LogP contribution >= 0.6 is 0 Å².